The molecule has 0 fully saturated rings. The van der Waals surface area contributed by atoms with Crippen molar-refractivity contribution in [3.63, 3.8) is 0 Å². The molecule has 28 heavy (non-hydrogen) atoms. The van der Waals surface area contributed by atoms with Crippen molar-refractivity contribution in [2.45, 2.75) is 46.2 Å². The average molecular weight is 382 g/mol. The van der Waals surface area contributed by atoms with Gasteiger partial charge in [0.2, 0.25) is 5.91 Å². The normalized spacial score (nSPS) is 14.8. The number of carbonyl (C=O) groups excluding carboxylic acids is 1. The largest absolute Gasteiger partial charge is 0.360 e. The van der Waals surface area contributed by atoms with Crippen LogP contribution >= 0.6 is 0 Å². The molecular formula is C21H23FN4O2. The SMILES string of the molecule is Cc1cc(C)n([C@@H](C)CC(=O)N2CCc3onc(-c4cccc(F)c4)c3C2)n1. The molecule has 1 aliphatic heterocycles. The number of carbonyl (C=O) groups is 1. The van der Waals surface area contributed by atoms with Crippen LogP contribution in [0, 0.1) is 19.7 Å². The summed E-state index contributed by atoms with van der Waals surface area (Å²) >= 11 is 0. The highest BCUT2D eigenvalue weighted by atomic mass is 19.1. The van der Waals surface area contributed by atoms with E-state index >= 15 is 0 Å². The third-order valence-corrected chi connectivity index (χ3v) is 5.21. The van der Waals surface area contributed by atoms with E-state index in [4.69, 9.17) is 4.52 Å². The van der Waals surface area contributed by atoms with Crippen molar-refractivity contribution in [3.8, 4) is 11.3 Å². The molecule has 1 aromatic carbocycles. The van der Waals surface area contributed by atoms with Gasteiger partial charge in [0.1, 0.15) is 17.3 Å². The Bertz CT molecular complexity index is 1020. The minimum atomic E-state index is -0.322. The standard InChI is InChI=1S/C21H23FN4O2/c1-13-9-14(2)26(23-13)15(3)10-20(27)25-8-7-19-18(12-25)21(24-28-19)16-5-4-6-17(22)11-16/h4-6,9,11,15H,7-8,10,12H2,1-3H3/t15-/m0/s1. The van der Waals surface area contributed by atoms with Crippen molar-refractivity contribution >= 4 is 5.91 Å². The molecule has 2 aromatic heterocycles. The molecule has 7 heteroatoms. The van der Waals surface area contributed by atoms with Crippen molar-refractivity contribution in [1.82, 2.24) is 19.8 Å². The molecule has 3 heterocycles. The highest BCUT2D eigenvalue weighted by Gasteiger charge is 2.28. The maximum Gasteiger partial charge on any atom is 0.225 e. The fourth-order valence-electron chi connectivity index (χ4n) is 3.85. The highest BCUT2D eigenvalue weighted by Crippen LogP contribution is 2.31. The lowest BCUT2D eigenvalue weighted by Gasteiger charge is -2.27. The summed E-state index contributed by atoms with van der Waals surface area (Å²) in [4.78, 5) is 14.7. The number of aryl methyl sites for hydroxylation is 2. The van der Waals surface area contributed by atoms with Crippen molar-refractivity contribution in [2.75, 3.05) is 6.54 Å². The second-order valence-electron chi connectivity index (χ2n) is 7.43. The predicted octanol–water partition coefficient (Wildman–Crippen LogP) is 3.83. The Morgan fingerprint density at radius 3 is 2.86 bits per heavy atom. The van der Waals surface area contributed by atoms with Crippen LogP contribution in [0.15, 0.2) is 34.9 Å². The number of hydrogen-bond donors (Lipinski definition) is 0. The number of halogens is 1. The maximum atomic E-state index is 13.6. The third-order valence-electron chi connectivity index (χ3n) is 5.21. The van der Waals surface area contributed by atoms with E-state index in [1.807, 2.05) is 36.4 Å². The first-order chi connectivity index (χ1) is 13.4. The summed E-state index contributed by atoms with van der Waals surface area (Å²) < 4.78 is 21.0. The maximum absolute atomic E-state index is 13.6. The van der Waals surface area contributed by atoms with Crippen LogP contribution in [0.25, 0.3) is 11.3 Å². The van der Waals surface area contributed by atoms with Crippen LogP contribution < -0.4 is 0 Å². The Hall–Kier alpha value is -2.96. The van der Waals surface area contributed by atoms with Gasteiger partial charge >= 0.3 is 0 Å². The minimum absolute atomic E-state index is 0.0206. The monoisotopic (exact) mass is 382 g/mol. The Labute approximate surface area is 162 Å². The van der Waals surface area contributed by atoms with Crippen LogP contribution in [-0.4, -0.2) is 32.3 Å². The molecule has 1 atom stereocenters. The lowest BCUT2D eigenvalue weighted by Crippen LogP contribution is -2.36. The molecule has 3 aromatic rings. The first kappa shape index (κ1) is 18.4. The van der Waals surface area contributed by atoms with Gasteiger partial charge in [0, 0.05) is 36.2 Å². The number of amides is 1. The Balaban J connectivity index is 1.51. The summed E-state index contributed by atoms with van der Waals surface area (Å²) in [5.74, 6) is 0.517. The number of fused-ring (bicyclic) bond motifs is 1. The van der Waals surface area contributed by atoms with Gasteiger partial charge in [-0.3, -0.25) is 9.48 Å². The molecule has 6 nitrogen and oxygen atoms in total. The van der Waals surface area contributed by atoms with Gasteiger partial charge in [-0.25, -0.2) is 4.39 Å². The molecule has 0 bridgehead atoms. The van der Waals surface area contributed by atoms with Crippen LogP contribution in [-0.2, 0) is 17.8 Å². The summed E-state index contributed by atoms with van der Waals surface area (Å²) in [6, 6.07) is 8.26. The Morgan fingerprint density at radius 2 is 2.14 bits per heavy atom. The van der Waals surface area contributed by atoms with E-state index in [9.17, 15) is 9.18 Å². The minimum Gasteiger partial charge on any atom is -0.360 e. The zero-order chi connectivity index (χ0) is 19.8. The van der Waals surface area contributed by atoms with Gasteiger partial charge < -0.3 is 9.42 Å². The molecule has 0 unspecified atom stereocenters. The Kier molecular flexibility index (Phi) is 4.75. The summed E-state index contributed by atoms with van der Waals surface area (Å²) in [6.45, 7) is 6.96. The van der Waals surface area contributed by atoms with Crippen molar-refractivity contribution in [2.24, 2.45) is 0 Å². The molecule has 146 valence electrons. The fourth-order valence-corrected chi connectivity index (χ4v) is 3.85. The van der Waals surface area contributed by atoms with E-state index in [-0.39, 0.29) is 17.8 Å². The van der Waals surface area contributed by atoms with Crippen LogP contribution in [0.3, 0.4) is 0 Å². The van der Waals surface area contributed by atoms with E-state index in [2.05, 4.69) is 10.3 Å². The van der Waals surface area contributed by atoms with Gasteiger partial charge in [-0.15, -0.1) is 0 Å². The quantitative estimate of drug-likeness (QED) is 0.688. The van der Waals surface area contributed by atoms with Gasteiger partial charge in [-0.2, -0.15) is 5.10 Å². The van der Waals surface area contributed by atoms with Crippen molar-refractivity contribution in [1.29, 1.82) is 0 Å². The molecule has 0 saturated carbocycles. The molecule has 1 aliphatic rings. The number of benzene rings is 1. The smallest absolute Gasteiger partial charge is 0.225 e. The van der Waals surface area contributed by atoms with E-state index in [1.165, 1.54) is 12.1 Å². The lowest BCUT2D eigenvalue weighted by molar-refractivity contribution is -0.133. The van der Waals surface area contributed by atoms with Crippen LogP contribution in [0.4, 0.5) is 4.39 Å². The lowest BCUT2D eigenvalue weighted by atomic mass is 10.0. The third kappa shape index (κ3) is 3.44. The molecular weight excluding hydrogens is 359 g/mol. The van der Waals surface area contributed by atoms with Crippen LogP contribution in [0.2, 0.25) is 0 Å². The summed E-state index contributed by atoms with van der Waals surface area (Å²) in [5.41, 5.74) is 4.13. The van der Waals surface area contributed by atoms with Crippen molar-refractivity contribution in [3.05, 3.63) is 58.9 Å². The number of rotatable bonds is 4. The fraction of sp³-hybridized carbons (Fsp3) is 0.381. The molecule has 1 amide bonds. The first-order valence-electron chi connectivity index (χ1n) is 9.46. The van der Waals surface area contributed by atoms with Gasteiger partial charge in [-0.05, 0) is 39.0 Å². The molecule has 0 N–H and O–H groups in total. The molecule has 0 aliphatic carbocycles. The molecule has 0 radical (unpaired) electrons. The summed E-state index contributed by atoms with van der Waals surface area (Å²) in [6.07, 6.45) is 0.982. The van der Waals surface area contributed by atoms with E-state index < -0.39 is 0 Å². The zero-order valence-corrected chi connectivity index (χ0v) is 16.3. The molecule has 0 saturated heterocycles. The van der Waals surface area contributed by atoms with Gasteiger partial charge in [0.15, 0.2) is 0 Å². The van der Waals surface area contributed by atoms with E-state index in [1.54, 1.807) is 12.1 Å². The first-order valence-corrected chi connectivity index (χ1v) is 9.46. The van der Waals surface area contributed by atoms with Crippen LogP contribution in [0.1, 0.15) is 42.1 Å². The summed E-state index contributed by atoms with van der Waals surface area (Å²) in [5, 5.41) is 8.62. The zero-order valence-electron chi connectivity index (χ0n) is 16.3. The van der Waals surface area contributed by atoms with Gasteiger partial charge in [-0.1, -0.05) is 17.3 Å². The molecule has 0 spiro atoms. The summed E-state index contributed by atoms with van der Waals surface area (Å²) in [7, 11) is 0. The Morgan fingerprint density at radius 1 is 1.32 bits per heavy atom. The number of nitrogens with zero attached hydrogens (tertiary/aromatic N) is 4. The van der Waals surface area contributed by atoms with Gasteiger partial charge in [0.05, 0.1) is 18.3 Å². The van der Waals surface area contributed by atoms with Gasteiger partial charge in [0.25, 0.3) is 0 Å². The second kappa shape index (κ2) is 7.22. The molecule has 4 rings (SSSR count). The van der Waals surface area contributed by atoms with E-state index in [0.717, 1.165) is 22.7 Å². The number of aromatic nitrogens is 3. The van der Waals surface area contributed by atoms with Crippen molar-refractivity contribution < 1.29 is 13.7 Å². The topological polar surface area (TPSA) is 64.2 Å². The van der Waals surface area contributed by atoms with Crippen LogP contribution in [0.5, 0.6) is 0 Å². The predicted molar refractivity (Wildman–Crippen MR) is 102 cm³/mol. The second-order valence-corrected chi connectivity index (χ2v) is 7.43. The number of hydrogen-bond acceptors (Lipinski definition) is 4. The highest BCUT2D eigenvalue weighted by molar-refractivity contribution is 5.77. The average Bonchev–Trinajstić information content (AvgIpc) is 3.23. The van der Waals surface area contributed by atoms with E-state index in [0.29, 0.717) is 37.2 Å².